The summed E-state index contributed by atoms with van der Waals surface area (Å²) in [6.45, 7) is 1.06. The van der Waals surface area contributed by atoms with Gasteiger partial charge in [0.1, 0.15) is 11.4 Å². The van der Waals surface area contributed by atoms with Crippen molar-refractivity contribution in [3.63, 3.8) is 0 Å². The second kappa shape index (κ2) is 5.89. The molecule has 8 heteroatoms. The lowest BCUT2D eigenvalue weighted by atomic mass is 9.84. The lowest BCUT2D eigenvalue weighted by Gasteiger charge is -2.44. The fourth-order valence-electron chi connectivity index (χ4n) is 3.47. The van der Waals surface area contributed by atoms with Gasteiger partial charge in [-0.2, -0.15) is 13.2 Å². The summed E-state index contributed by atoms with van der Waals surface area (Å²) in [4.78, 5) is 18.4. The van der Waals surface area contributed by atoms with E-state index in [1.807, 2.05) is 29.2 Å². The van der Waals surface area contributed by atoms with Gasteiger partial charge in [-0.15, -0.1) is 0 Å². The molecule has 1 amide bonds. The number of piperidine rings is 1. The van der Waals surface area contributed by atoms with Crippen LogP contribution in [0.3, 0.4) is 0 Å². The van der Waals surface area contributed by atoms with Gasteiger partial charge in [0.05, 0.1) is 16.9 Å². The topological polar surface area (TPSA) is 57.3 Å². The van der Waals surface area contributed by atoms with E-state index in [9.17, 15) is 18.0 Å². The zero-order chi connectivity index (χ0) is 18.4. The van der Waals surface area contributed by atoms with Crippen molar-refractivity contribution in [1.29, 1.82) is 0 Å². The molecule has 2 aliphatic heterocycles. The molecule has 3 heterocycles. The average molecular weight is 362 g/mol. The zero-order valence-corrected chi connectivity index (χ0v) is 13.8. The Hall–Kier alpha value is -2.77. The number of carbonyl (C=O) groups excluding carboxylic acids is 1. The molecule has 1 aromatic carbocycles. The number of benzene rings is 1. The van der Waals surface area contributed by atoms with Crippen molar-refractivity contribution in [1.82, 2.24) is 4.98 Å². The highest BCUT2D eigenvalue weighted by atomic mass is 19.4. The first kappa shape index (κ1) is 16.7. The van der Waals surface area contributed by atoms with Crippen molar-refractivity contribution < 1.29 is 18.0 Å². The van der Waals surface area contributed by atoms with Gasteiger partial charge in [-0.3, -0.25) is 4.79 Å². The number of hydrogen-bond acceptors (Lipinski definition) is 4. The molecule has 136 valence electrons. The molecule has 1 saturated heterocycles. The van der Waals surface area contributed by atoms with Gasteiger partial charge >= 0.3 is 6.18 Å². The molecule has 2 aromatic rings. The summed E-state index contributed by atoms with van der Waals surface area (Å²) >= 11 is 0. The van der Waals surface area contributed by atoms with E-state index in [1.54, 1.807) is 0 Å². The Bertz CT molecular complexity index is 827. The van der Waals surface area contributed by atoms with Crippen LogP contribution in [-0.2, 0) is 11.0 Å². The Labute approximate surface area is 148 Å². The first-order valence-corrected chi connectivity index (χ1v) is 8.34. The maximum Gasteiger partial charge on any atom is 0.417 e. The summed E-state index contributed by atoms with van der Waals surface area (Å²) in [5, 5.41) is 6.29. The van der Waals surface area contributed by atoms with E-state index in [-0.39, 0.29) is 5.91 Å². The van der Waals surface area contributed by atoms with Crippen molar-refractivity contribution in [2.24, 2.45) is 0 Å². The molecule has 1 spiro atoms. The highest BCUT2D eigenvalue weighted by Gasteiger charge is 2.44. The van der Waals surface area contributed by atoms with E-state index in [0.29, 0.717) is 31.7 Å². The van der Waals surface area contributed by atoms with Crippen LogP contribution in [-0.4, -0.2) is 29.5 Å². The van der Waals surface area contributed by atoms with Crippen LogP contribution in [0.5, 0.6) is 0 Å². The number of carbonyl (C=O) groups is 1. The van der Waals surface area contributed by atoms with Gasteiger partial charge < -0.3 is 15.5 Å². The van der Waals surface area contributed by atoms with Crippen LogP contribution in [0.15, 0.2) is 42.6 Å². The molecule has 0 atom stereocenters. The number of nitrogens with one attached hydrogen (secondary N) is 2. The highest BCUT2D eigenvalue weighted by molar-refractivity contribution is 6.06. The number of nitrogens with zero attached hydrogens (tertiary/aromatic N) is 2. The number of para-hydroxylation sites is 2. The predicted molar refractivity (Wildman–Crippen MR) is 92.1 cm³/mol. The van der Waals surface area contributed by atoms with Crippen molar-refractivity contribution in [3.05, 3.63) is 48.2 Å². The number of hydrogen-bond donors (Lipinski definition) is 2. The van der Waals surface area contributed by atoms with Crippen LogP contribution in [0, 0.1) is 0 Å². The largest absolute Gasteiger partial charge is 0.417 e. The first-order chi connectivity index (χ1) is 12.4. The van der Waals surface area contributed by atoms with Gasteiger partial charge in [-0.05, 0) is 37.1 Å². The molecule has 0 aliphatic carbocycles. The summed E-state index contributed by atoms with van der Waals surface area (Å²) < 4.78 is 38.0. The molecule has 2 aliphatic rings. The van der Waals surface area contributed by atoms with E-state index in [2.05, 4.69) is 15.6 Å². The molecule has 0 radical (unpaired) electrons. The zero-order valence-electron chi connectivity index (χ0n) is 13.8. The standard InChI is InChI=1S/C18H17F3N4O/c19-18(20,21)12-5-6-15(22-11-12)25-9-7-17(8-10-25)16(26)23-13-3-1-2-4-14(13)24-17/h1-6,11,24H,7-10H2,(H,23,26). The monoisotopic (exact) mass is 362 g/mol. The number of pyridine rings is 1. The van der Waals surface area contributed by atoms with E-state index >= 15 is 0 Å². The van der Waals surface area contributed by atoms with Gasteiger partial charge in [0, 0.05) is 19.3 Å². The third-order valence-corrected chi connectivity index (χ3v) is 5.00. The molecule has 26 heavy (non-hydrogen) atoms. The minimum atomic E-state index is -4.39. The normalized spacial score (nSPS) is 18.9. The molecule has 2 N–H and O–H groups in total. The van der Waals surface area contributed by atoms with Gasteiger partial charge in [-0.25, -0.2) is 4.98 Å². The molecule has 1 fully saturated rings. The summed E-state index contributed by atoms with van der Waals surface area (Å²) in [5.74, 6) is 0.417. The van der Waals surface area contributed by atoms with Gasteiger partial charge in [0.25, 0.3) is 0 Å². The first-order valence-electron chi connectivity index (χ1n) is 8.34. The number of anilines is 3. The Morgan fingerprint density at radius 3 is 2.35 bits per heavy atom. The summed E-state index contributed by atoms with van der Waals surface area (Å²) in [6, 6.07) is 9.93. The number of fused-ring (bicyclic) bond motifs is 1. The average Bonchev–Trinajstić information content (AvgIpc) is 2.63. The van der Waals surface area contributed by atoms with Crippen molar-refractivity contribution >= 4 is 23.1 Å². The quantitative estimate of drug-likeness (QED) is 0.815. The molecule has 0 unspecified atom stereocenters. The van der Waals surface area contributed by atoms with Gasteiger partial charge in [0.2, 0.25) is 5.91 Å². The van der Waals surface area contributed by atoms with Crippen molar-refractivity contribution in [3.8, 4) is 0 Å². The summed E-state index contributed by atoms with van der Waals surface area (Å²) in [7, 11) is 0. The number of amides is 1. The number of rotatable bonds is 1. The van der Waals surface area contributed by atoms with Crippen LogP contribution in [0.25, 0.3) is 0 Å². The smallest absolute Gasteiger partial charge is 0.369 e. The van der Waals surface area contributed by atoms with Crippen LogP contribution < -0.4 is 15.5 Å². The maximum absolute atomic E-state index is 12.7. The molecular formula is C18H17F3N4O. The SMILES string of the molecule is O=C1Nc2ccccc2NC12CCN(c1ccc(C(F)(F)F)cn1)CC2. The molecule has 5 nitrogen and oxygen atoms in total. The number of halogens is 3. The Morgan fingerprint density at radius 1 is 1.04 bits per heavy atom. The molecule has 4 rings (SSSR count). The van der Waals surface area contributed by atoms with Gasteiger partial charge in [0.15, 0.2) is 0 Å². The lowest BCUT2D eigenvalue weighted by Crippen LogP contribution is -2.58. The Kier molecular flexibility index (Phi) is 3.78. The van der Waals surface area contributed by atoms with E-state index < -0.39 is 17.3 Å². The summed E-state index contributed by atoms with van der Waals surface area (Å²) in [5.41, 5.74) is 0.180. The third kappa shape index (κ3) is 2.85. The van der Waals surface area contributed by atoms with E-state index in [1.165, 1.54) is 6.07 Å². The fraction of sp³-hybridized carbons (Fsp3) is 0.333. The van der Waals surface area contributed by atoms with E-state index in [4.69, 9.17) is 0 Å². The van der Waals surface area contributed by atoms with E-state index in [0.717, 1.165) is 23.6 Å². The Morgan fingerprint density at radius 2 is 1.73 bits per heavy atom. The minimum Gasteiger partial charge on any atom is -0.369 e. The number of aromatic nitrogens is 1. The van der Waals surface area contributed by atoms with Crippen molar-refractivity contribution in [2.75, 3.05) is 28.6 Å². The fourth-order valence-corrected chi connectivity index (χ4v) is 3.47. The second-order valence-corrected chi connectivity index (χ2v) is 6.60. The maximum atomic E-state index is 12.7. The second-order valence-electron chi connectivity index (χ2n) is 6.60. The third-order valence-electron chi connectivity index (χ3n) is 5.00. The minimum absolute atomic E-state index is 0.0729. The Balaban J connectivity index is 1.48. The number of alkyl halides is 3. The van der Waals surface area contributed by atoms with Gasteiger partial charge in [-0.1, -0.05) is 12.1 Å². The predicted octanol–water partition coefficient (Wildman–Crippen LogP) is 3.50. The van der Waals surface area contributed by atoms with Crippen LogP contribution in [0.1, 0.15) is 18.4 Å². The molecule has 0 saturated carbocycles. The molecule has 1 aromatic heterocycles. The van der Waals surface area contributed by atoms with Crippen molar-refractivity contribution in [2.45, 2.75) is 24.6 Å². The summed E-state index contributed by atoms with van der Waals surface area (Å²) in [6.07, 6.45) is -2.47. The lowest BCUT2D eigenvalue weighted by molar-refractivity contribution is -0.137. The highest BCUT2D eigenvalue weighted by Crippen LogP contribution is 2.37. The van der Waals surface area contributed by atoms with Crippen LogP contribution in [0.4, 0.5) is 30.4 Å². The molecule has 0 bridgehead atoms. The van der Waals surface area contributed by atoms with Crippen LogP contribution >= 0.6 is 0 Å². The molecular weight excluding hydrogens is 345 g/mol. The van der Waals surface area contributed by atoms with Crippen LogP contribution in [0.2, 0.25) is 0 Å².